The van der Waals surface area contributed by atoms with Gasteiger partial charge in [-0.05, 0) is 24.3 Å². The van der Waals surface area contributed by atoms with Gasteiger partial charge in [0.1, 0.15) is 10.7 Å². The SMILES string of the molecule is N#CCc1nc2ccccc2n1Cc1ccc(C(=O)O)s1. The van der Waals surface area contributed by atoms with E-state index in [9.17, 15) is 4.79 Å². The summed E-state index contributed by atoms with van der Waals surface area (Å²) in [5, 5.41) is 17.9. The van der Waals surface area contributed by atoms with Gasteiger partial charge in [-0.2, -0.15) is 5.26 Å². The summed E-state index contributed by atoms with van der Waals surface area (Å²) in [6, 6.07) is 13.2. The lowest BCUT2D eigenvalue weighted by atomic mass is 10.3. The third-order valence-corrected chi connectivity index (χ3v) is 4.22. The minimum atomic E-state index is -0.918. The van der Waals surface area contributed by atoms with E-state index >= 15 is 0 Å². The fourth-order valence-electron chi connectivity index (χ4n) is 2.24. The summed E-state index contributed by atoms with van der Waals surface area (Å²) in [5.74, 6) is -0.219. The Balaban J connectivity index is 2.03. The number of benzene rings is 1. The van der Waals surface area contributed by atoms with Crippen molar-refractivity contribution in [2.45, 2.75) is 13.0 Å². The molecule has 5 nitrogen and oxygen atoms in total. The molecule has 0 unspecified atom stereocenters. The van der Waals surface area contributed by atoms with E-state index in [0.717, 1.165) is 15.9 Å². The van der Waals surface area contributed by atoms with Crippen LogP contribution in [0.3, 0.4) is 0 Å². The predicted molar refractivity (Wildman–Crippen MR) is 79.4 cm³/mol. The lowest BCUT2D eigenvalue weighted by Crippen LogP contribution is -2.03. The molecular formula is C15H11N3O2S. The standard InChI is InChI=1S/C15H11N3O2S/c16-8-7-14-17-11-3-1-2-4-12(11)18(14)9-10-5-6-13(21-10)15(19)20/h1-6H,7,9H2,(H,19,20). The molecule has 0 radical (unpaired) electrons. The number of nitrogens with zero attached hydrogens (tertiary/aromatic N) is 3. The zero-order valence-corrected chi connectivity index (χ0v) is 11.8. The molecule has 2 aromatic heterocycles. The van der Waals surface area contributed by atoms with Crippen LogP contribution in [-0.4, -0.2) is 20.6 Å². The van der Waals surface area contributed by atoms with Crippen LogP contribution in [-0.2, 0) is 13.0 Å². The highest BCUT2D eigenvalue weighted by Crippen LogP contribution is 2.22. The quantitative estimate of drug-likeness (QED) is 0.803. The molecule has 1 N–H and O–H groups in total. The zero-order valence-electron chi connectivity index (χ0n) is 11.0. The maximum atomic E-state index is 10.9. The lowest BCUT2D eigenvalue weighted by Gasteiger charge is -2.05. The van der Waals surface area contributed by atoms with Gasteiger partial charge in [0.05, 0.1) is 30.1 Å². The Kier molecular flexibility index (Phi) is 3.42. The Labute approximate surface area is 124 Å². The van der Waals surface area contributed by atoms with Crippen LogP contribution in [0.5, 0.6) is 0 Å². The number of aromatic carboxylic acids is 1. The Morgan fingerprint density at radius 3 is 2.86 bits per heavy atom. The molecule has 104 valence electrons. The Bertz CT molecular complexity index is 857. The molecule has 0 atom stereocenters. The van der Waals surface area contributed by atoms with Gasteiger partial charge in [0.15, 0.2) is 0 Å². The van der Waals surface area contributed by atoms with Gasteiger partial charge in [-0.15, -0.1) is 11.3 Å². The number of thiophene rings is 1. The number of fused-ring (bicyclic) bond motifs is 1. The van der Waals surface area contributed by atoms with Crippen LogP contribution in [0.25, 0.3) is 11.0 Å². The second kappa shape index (κ2) is 5.38. The Morgan fingerprint density at radius 2 is 2.14 bits per heavy atom. The number of para-hydroxylation sites is 2. The summed E-state index contributed by atoms with van der Waals surface area (Å²) in [6.45, 7) is 0.523. The molecule has 2 heterocycles. The molecular weight excluding hydrogens is 286 g/mol. The first-order valence-electron chi connectivity index (χ1n) is 6.32. The molecule has 1 aromatic carbocycles. The molecule has 0 amide bonds. The summed E-state index contributed by atoms with van der Waals surface area (Å²) in [4.78, 5) is 16.7. The summed E-state index contributed by atoms with van der Waals surface area (Å²) in [6.07, 6.45) is 0.228. The van der Waals surface area contributed by atoms with Crippen molar-refractivity contribution in [3.8, 4) is 6.07 Å². The fraction of sp³-hybridized carbons (Fsp3) is 0.133. The summed E-state index contributed by atoms with van der Waals surface area (Å²) >= 11 is 1.24. The van der Waals surface area contributed by atoms with Crippen LogP contribution in [0.2, 0.25) is 0 Å². The van der Waals surface area contributed by atoms with Gasteiger partial charge in [-0.25, -0.2) is 9.78 Å². The topological polar surface area (TPSA) is 78.9 Å². The first-order chi connectivity index (χ1) is 10.2. The maximum Gasteiger partial charge on any atom is 0.345 e. The van der Waals surface area contributed by atoms with E-state index in [1.54, 1.807) is 12.1 Å². The summed E-state index contributed by atoms with van der Waals surface area (Å²) in [5.41, 5.74) is 1.80. The normalized spacial score (nSPS) is 10.6. The van der Waals surface area contributed by atoms with Gasteiger partial charge in [0.2, 0.25) is 0 Å². The number of carboxylic acid groups (broad SMARTS) is 1. The number of imidazole rings is 1. The molecule has 0 bridgehead atoms. The van der Waals surface area contributed by atoms with Crippen molar-refractivity contribution in [1.82, 2.24) is 9.55 Å². The molecule has 0 saturated heterocycles. The average Bonchev–Trinajstić information content (AvgIpc) is 3.06. The van der Waals surface area contributed by atoms with E-state index < -0.39 is 5.97 Å². The van der Waals surface area contributed by atoms with E-state index in [0.29, 0.717) is 17.2 Å². The van der Waals surface area contributed by atoms with Crippen molar-refractivity contribution in [1.29, 1.82) is 5.26 Å². The van der Waals surface area contributed by atoms with Crippen molar-refractivity contribution in [2.75, 3.05) is 0 Å². The first kappa shape index (κ1) is 13.3. The number of hydrogen-bond acceptors (Lipinski definition) is 4. The second-order valence-electron chi connectivity index (χ2n) is 4.51. The summed E-state index contributed by atoms with van der Waals surface area (Å²) < 4.78 is 1.97. The van der Waals surface area contributed by atoms with Gasteiger partial charge in [-0.3, -0.25) is 0 Å². The monoisotopic (exact) mass is 297 g/mol. The maximum absolute atomic E-state index is 10.9. The van der Waals surface area contributed by atoms with E-state index in [-0.39, 0.29) is 6.42 Å². The fourth-order valence-corrected chi connectivity index (χ4v) is 3.08. The van der Waals surface area contributed by atoms with Gasteiger partial charge in [0, 0.05) is 4.88 Å². The van der Waals surface area contributed by atoms with Crippen LogP contribution >= 0.6 is 11.3 Å². The van der Waals surface area contributed by atoms with Gasteiger partial charge in [-0.1, -0.05) is 12.1 Å². The molecule has 0 aliphatic heterocycles. The number of aromatic nitrogens is 2. The second-order valence-corrected chi connectivity index (χ2v) is 5.68. The van der Waals surface area contributed by atoms with Crippen LogP contribution < -0.4 is 0 Å². The number of nitriles is 1. The highest BCUT2D eigenvalue weighted by atomic mass is 32.1. The highest BCUT2D eigenvalue weighted by Gasteiger charge is 2.13. The minimum absolute atomic E-state index is 0.228. The van der Waals surface area contributed by atoms with Crippen LogP contribution in [0.15, 0.2) is 36.4 Å². The minimum Gasteiger partial charge on any atom is -0.477 e. The van der Waals surface area contributed by atoms with Crippen LogP contribution in [0, 0.1) is 11.3 Å². The van der Waals surface area contributed by atoms with Crippen molar-refractivity contribution in [3.05, 3.63) is 52.0 Å². The first-order valence-corrected chi connectivity index (χ1v) is 7.14. The summed E-state index contributed by atoms with van der Waals surface area (Å²) in [7, 11) is 0. The van der Waals surface area contributed by atoms with Crippen molar-refractivity contribution >= 4 is 28.3 Å². The van der Waals surface area contributed by atoms with Gasteiger partial charge >= 0.3 is 5.97 Å². The highest BCUT2D eigenvalue weighted by molar-refractivity contribution is 7.13. The molecule has 6 heteroatoms. The third-order valence-electron chi connectivity index (χ3n) is 3.16. The third kappa shape index (κ3) is 2.51. The van der Waals surface area contributed by atoms with Gasteiger partial charge in [0.25, 0.3) is 0 Å². The number of rotatable bonds is 4. The number of carbonyl (C=O) groups is 1. The van der Waals surface area contributed by atoms with E-state index in [1.165, 1.54) is 11.3 Å². The molecule has 0 fully saturated rings. The smallest absolute Gasteiger partial charge is 0.345 e. The lowest BCUT2D eigenvalue weighted by molar-refractivity contribution is 0.0702. The van der Waals surface area contributed by atoms with E-state index in [1.807, 2.05) is 28.8 Å². The average molecular weight is 297 g/mol. The molecule has 0 spiro atoms. The van der Waals surface area contributed by atoms with Gasteiger partial charge < -0.3 is 9.67 Å². The Hall–Kier alpha value is -2.65. The largest absolute Gasteiger partial charge is 0.477 e. The van der Waals surface area contributed by atoms with Crippen molar-refractivity contribution in [2.24, 2.45) is 0 Å². The molecule has 3 aromatic rings. The van der Waals surface area contributed by atoms with Crippen LogP contribution in [0.4, 0.5) is 0 Å². The molecule has 3 rings (SSSR count). The number of hydrogen-bond donors (Lipinski definition) is 1. The Morgan fingerprint density at radius 1 is 1.33 bits per heavy atom. The van der Waals surface area contributed by atoms with E-state index in [2.05, 4.69) is 11.1 Å². The molecule has 0 aliphatic carbocycles. The van der Waals surface area contributed by atoms with Crippen molar-refractivity contribution < 1.29 is 9.90 Å². The van der Waals surface area contributed by atoms with Crippen LogP contribution in [0.1, 0.15) is 20.4 Å². The predicted octanol–water partition coefficient (Wildman–Crippen LogP) is 2.91. The molecule has 0 saturated carbocycles. The molecule has 0 aliphatic rings. The number of carboxylic acids is 1. The van der Waals surface area contributed by atoms with E-state index in [4.69, 9.17) is 10.4 Å². The zero-order chi connectivity index (χ0) is 14.8. The van der Waals surface area contributed by atoms with Crippen molar-refractivity contribution in [3.63, 3.8) is 0 Å². The molecule has 21 heavy (non-hydrogen) atoms.